The molecule has 0 saturated heterocycles. The van der Waals surface area contributed by atoms with Crippen molar-refractivity contribution in [1.29, 1.82) is 0 Å². The Labute approximate surface area is 228 Å². The maximum atomic E-state index is 4.38. The van der Waals surface area contributed by atoms with Gasteiger partial charge in [-0.05, 0) is 48.5 Å². The van der Waals surface area contributed by atoms with E-state index in [1.54, 1.807) is 24.8 Å². The average molecular weight is 737 g/mol. The number of hydrogen-bond donors (Lipinski definition) is 0. The number of pyridine rings is 2. The minimum atomic E-state index is 0. The van der Waals surface area contributed by atoms with E-state index in [0.29, 0.717) is 0 Å². The van der Waals surface area contributed by atoms with Gasteiger partial charge in [-0.3, -0.25) is 20.0 Å². The van der Waals surface area contributed by atoms with Gasteiger partial charge in [-0.1, -0.05) is 12.1 Å². The summed E-state index contributed by atoms with van der Waals surface area (Å²) < 4.78 is 0. The second kappa shape index (κ2) is 20.1. The fraction of sp³-hybridized carbons (Fsp3) is 0. The van der Waals surface area contributed by atoms with E-state index in [0.717, 1.165) is 22.8 Å². The van der Waals surface area contributed by atoms with Crippen molar-refractivity contribution in [3.8, 4) is 0 Å². The molecule has 0 atom stereocenters. The molecule has 160 valence electrons. The zero-order chi connectivity index (χ0) is 15.0. The Morgan fingerprint density at radius 3 is 1.18 bits per heavy atom. The third-order valence-corrected chi connectivity index (χ3v) is 2.92. The quantitative estimate of drug-likeness (QED) is 0.234. The van der Waals surface area contributed by atoms with Gasteiger partial charge in [-0.2, -0.15) is 0 Å². The first-order valence-corrected chi connectivity index (χ1v) is 6.90. The summed E-state index contributed by atoms with van der Waals surface area (Å²) in [4.78, 5) is 17.2. The van der Waals surface area contributed by atoms with Crippen molar-refractivity contribution < 1.29 is 34.1 Å². The van der Waals surface area contributed by atoms with Crippen LogP contribution in [0.3, 0.4) is 0 Å². The molecule has 0 bridgehead atoms. The first-order chi connectivity index (χ1) is 10.9. The van der Waals surface area contributed by atoms with Crippen molar-refractivity contribution in [1.82, 2.24) is 9.97 Å². The van der Waals surface area contributed by atoms with Gasteiger partial charge in [0.05, 0.1) is 35.2 Å². The summed E-state index contributed by atoms with van der Waals surface area (Å²) in [5.41, 5.74) is 3.39. The van der Waals surface area contributed by atoms with Crippen LogP contribution < -0.4 is 0 Å². The predicted molar refractivity (Wildman–Crippen MR) is 131 cm³/mol. The fourth-order valence-electron chi connectivity index (χ4n) is 1.81. The molecule has 28 heavy (non-hydrogen) atoms. The molecular weight excluding hydrogens is 719 g/mol. The van der Waals surface area contributed by atoms with Crippen molar-refractivity contribution in [2.45, 2.75) is 0 Å². The molecule has 0 fully saturated rings. The Hall–Kier alpha value is -0.181. The molecule has 0 saturated carbocycles. The largest absolute Gasteiger partial charge is 0.255 e. The number of hydrogen-bond acceptors (Lipinski definition) is 4. The monoisotopic (exact) mass is 732 g/mol. The number of aromatic nitrogens is 2. The van der Waals surface area contributed by atoms with E-state index < -0.39 is 0 Å². The van der Waals surface area contributed by atoms with Crippen LogP contribution in [0.5, 0.6) is 0 Å². The molecule has 0 aliphatic carbocycles. The normalized spacial score (nSPS) is 8.86. The number of rotatable bonds is 4. The molecular formula is C18H18Br4Cu2N4. The van der Waals surface area contributed by atoms with Crippen molar-refractivity contribution in [3.63, 3.8) is 0 Å². The van der Waals surface area contributed by atoms with Gasteiger partial charge in [-0.25, -0.2) is 0 Å². The van der Waals surface area contributed by atoms with E-state index in [-0.39, 0.29) is 102 Å². The maximum absolute atomic E-state index is 4.38. The zero-order valence-corrected chi connectivity index (χ0v) is 22.8. The van der Waals surface area contributed by atoms with Crippen LogP contribution in [0.4, 0.5) is 11.4 Å². The molecule has 0 N–H and O–H groups in total. The summed E-state index contributed by atoms with van der Waals surface area (Å²) in [6, 6.07) is 19.1. The van der Waals surface area contributed by atoms with Gasteiger partial charge in [0.1, 0.15) is 0 Å². The standard InChI is InChI=1S/C18H14N4.4BrH.2Cu/c1-3-11-19-17(5-1)13-21-15-7-9-16(10-8-15)22-14-18-6-2-4-12-20-18;;;;;;/h1-14H;4*1H;;. The van der Waals surface area contributed by atoms with Crippen LogP contribution >= 0.6 is 67.9 Å². The Kier molecular flexibility index (Phi) is 25.3. The topological polar surface area (TPSA) is 50.5 Å². The van der Waals surface area contributed by atoms with Gasteiger partial charge in [0, 0.05) is 46.5 Å². The molecule has 0 unspecified atom stereocenters. The van der Waals surface area contributed by atoms with Gasteiger partial charge in [0.2, 0.25) is 0 Å². The Balaban J connectivity index is -0.000000480. The molecule has 1 aromatic carbocycles. The molecule has 4 nitrogen and oxygen atoms in total. The molecule has 2 heterocycles. The summed E-state index contributed by atoms with van der Waals surface area (Å²) in [5.74, 6) is 0. The van der Waals surface area contributed by atoms with E-state index in [4.69, 9.17) is 0 Å². The van der Waals surface area contributed by atoms with Crippen molar-refractivity contribution in [2.24, 2.45) is 9.98 Å². The number of halogens is 4. The second-order valence-corrected chi connectivity index (χ2v) is 4.54. The summed E-state index contributed by atoms with van der Waals surface area (Å²) in [6.45, 7) is 0. The Morgan fingerprint density at radius 1 is 0.536 bits per heavy atom. The van der Waals surface area contributed by atoms with Crippen LogP contribution in [-0.2, 0) is 34.1 Å². The van der Waals surface area contributed by atoms with E-state index in [9.17, 15) is 0 Å². The summed E-state index contributed by atoms with van der Waals surface area (Å²) in [7, 11) is 0. The third-order valence-electron chi connectivity index (χ3n) is 2.92. The molecule has 3 rings (SSSR count). The van der Waals surface area contributed by atoms with Crippen molar-refractivity contribution in [2.75, 3.05) is 0 Å². The summed E-state index contributed by atoms with van der Waals surface area (Å²) in [6.07, 6.45) is 6.98. The van der Waals surface area contributed by atoms with Crippen molar-refractivity contribution >= 4 is 91.7 Å². The van der Waals surface area contributed by atoms with Gasteiger partial charge in [0.15, 0.2) is 0 Å². The second-order valence-electron chi connectivity index (χ2n) is 4.54. The van der Waals surface area contributed by atoms with Gasteiger partial charge >= 0.3 is 0 Å². The molecule has 0 amide bonds. The number of benzene rings is 1. The van der Waals surface area contributed by atoms with Crippen LogP contribution in [0.1, 0.15) is 11.4 Å². The van der Waals surface area contributed by atoms with Crippen LogP contribution in [0.25, 0.3) is 0 Å². The third kappa shape index (κ3) is 12.4. The fourth-order valence-corrected chi connectivity index (χ4v) is 1.81. The molecule has 10 heteroatoms. The van der Waals surface area contributed by atoms with E-state index in [2.05, 4.69) is 20.0 Å². The minimum absolute atomic E-state index is 0. The first kappa shape index (κ1) is 35.3. The SMILES string of the molecule is Br.Br.Br.Br.C(=Nc1ccc(N=Cc2ccccn2)cc1)c1ccccn1.[Cu].[Cu]. The first-order valence-electron chi connectivity index (χ1n) is 6.90. The van der Waals surface area contributed by atoms with Gasteiger partial charge in [-0.15, -0.1) is 67.9 Å². The van der Waals surface area contributed by atoms with E-state index in [1.165, 1.54) is 0 Å². The predicted octanol–water partition coefficient (Wildman–Crippen LogP) is 6.28. The summed E-state index contributed by atoms with van der Waals surface area (Å²) >= 11 is 0. The molecule has 2 radical (unpaired) electrons. The smallest absolute Gasteiger partial charge is 0.0812 e. The number of aliphatic imine (C=N–C) groups is 2. The Morgan fingerprint density at radius 2 is 0.893 bits per heavy atom. The molecule has 3 aromatic rings. The maximum Gasteiger partial charge on any atom is 0.0812 e. The average Bonchev–Trinajstić information content (AvgIpc) is 2.61. The molecule has 0 aliphatic heterocycles. The number of nitrogens with zero attached hydrogens (tertiary/aromatic N) is 4. The zero-order valence-electron chi connectivity index (χ0n) is 14.1. The van der Waals surface area contributed by atoms with Crippen LogP contribution in [0, 0.1) is 0 Å². The minimum Gasteiger partial charge on any atom is -0.255 e. The van der Waals surface area contributed by atoms with Gasteiger partial charge in [0.25, 0.3) is 0 Å². The van der Waals surface area contributed by atoms with Crippen LogP contribution in [0.15, 0.2) is 83.0 Å². The molecule has 2 aromatic heterocycles. The van der Waals surface area contributed by atoms with Gasteiger partial charge < -0.3 is 0 Å². The molecule has 0 aliphatic rings. The van der Waals surface area contributed by atoms with Crippen LogP contribution in [0.2, 0.25) is 0 Å². The summed E-state index contributed by atoms with van der Waals surface area (Å²) in [5, 5.41) is 0. The Bertz CT molecular complexity index is 721. The molecule has 0 spiro atoms. The van der Waals surface area contributed by atoms with Crippen molar-refractivity contribution in [3.05, 3.63) is 84.4 Å². The van der Waals surface area contributed by atoms with E-state index >= 15 is 0 Å². The van der Waals surface area contributed by atoms with E-state index in [1.807, 2.05) is 60.7 Å². The van der Waals surface area contributed by atoms with Crippen LogP contribution in [-0.4, -0.2) is 22.4 Å².